The van der Waals surface area contributed by atoms with Gasteiger partial charge in [-0.3, -0.25) is 24.0 Å². The number of aliphatic carboxylic acids is 9. The van der Waals surface area contributed by atoms with Crippen molar-refractivity contribution < 1.29 is 120 Å². The molecule has 0 aliphatic heterocycles. The summed E-state index contributed by atoms with van der Waals surface area (Å²) in [6.45, 7) is 1.59. The van der Waals surface area contributed by atoms with E-state index in [1.807, 2.05) is 0 Å². The van der Waals surface area contributed by atoms with Gasteiger partial charge in [-0.05, 0) is 32.6 Å². The maximum absolute atomic E-state index is 9.90. The largest absolute Gasteiger partial charge is 0.481 e. The van der Waals surface area contributed by atoms with Crippen molar-refractivity contribution >= 4 is 53.7 Å². The topological polar surface area (TPSA) is 457 Å². The van der Waals surface area contributed by atoms with Crippen molar-refractivity contribution in [1.29, 1.82) is 0 Å². The van der Waals surface area contributed by atoms with E-state index in [2.05, 4.69) is 0 Å². The first-order chi connectivity index (χ1) is 22.3. The smallest absolute Gasteiger partial charge is 0.335 e. The molecule has 0 aliphatic carbocycles. The first kappa shape index (κ1) is 56.3. The predicted molar refractivity (Wildman–Crippen MR) is 154 cm³/mol. The molecule has 0 aromatic heterocycles. The van der Waals surface area contributed by atoms with E-state index < -0.39 is 84.6 Å². The second-order valence-electron chi connectivity index (χ2n) is 8.47. The highest BCUT2D eigenvalue weighted by Gasteiger charge is 2.29. The minimum absolute atomic E-state index is 0.0628. The summed E-state index contributed by atoms with van der Waals surface area (Å²) in [7, 11) is 0. The Hall–Kier alpha value is -5.01. The van der Waals surface area contributed by atoms with Gasteiger partial charge in [0.2, 0.25) is 0 Å². The molecule has 49 heavy (non-hydrogen) atoms. The van der Waals surface area contributed by atoms with E-state index in [0.29, 0.717) is 12.8 Å². The van der Waals surface area contributed by atoms with Crippen LogP contribution < -0.4 is 0 Å². The average Bonchev–Trinajstić information content (AvgIpc) is 2.97. The summed E-state index contributed by atoms with van der Waals surface area (Å²) in [6.07, 6.45) is -6.45. The predicted octanol–water partition coefficient (Wildman–Crippen LogP) is -3.36. The summed E-state index contributed by atoms with van der Waals surface area (Å²) >= 11 is 0. The Morgan fingerprint density at radius 2 is 0.673 bits per heavy atom. The quantitative estimate of drug-likeness (QED) is 0.0612. The van der Waals surface area contributed by atoms with Gasteiger partial charge in [0.15, 0.2) is 18.3 Å². The molecule has 0 bridgehead atoms. The summed E-state index contributed by atoms with van der Waals surface area (Å²) < 4.78 is 0. The van der Waals surface area contributed by atoms with Crippen molar-refractivity contribution in [2.45, 2.75) is 89.1 Å². The van der Waals surface area contributed by atoms with E-state index in [1.165, 1.54) is 6.92 Å². The van der Waals surface area contributed by atoms with Gasteiger partial charge in [-0.1, -0.05) is 0 Å². The Morgan fingerprint density at radius 1 is 0.408 bits per heavy atom. The van der Waals surface area contributed by atoms with Gasteiger partial charge >= 0.3 is 53.7 Å². The van der Waals surface area contributed by atoms with E-state index in [0.717, 1.165) is 12.8 Å². The third-order valence-electron chi connectivity index (χ3n) is 3.97. The Morgan fingerprint density at radius 3 is 0.796 bits per heavy atom. The molecule has 4 atom stereocenters. The van der Waals surface area contributed by atoms with Gasteiger partial charge in [-0.15, -0.1) is 0 Å². The molecule has 4 unspecified atom stereocenters. The van der Waals surface area contributed by atoms with Crippen molar-refractivity contribution in [3.05, 3.63) is 0 Å². The van der Waals surface area contributed by atoms with Crippen LogP contribution >= 0.6 is 0 Å². The zero-order valence-corrected chi connectivity index (χ0v) is 26.0. The van der Waals surface area contributed by atoms with Gasteiger partial charge in [0, 0.05) is 26.1 Å². The summed E-state index contributed by atoms with van der Waals surface area (Å²) in [6, 6.07) is 0. The van der Waals surface area contributed by atoms with Crippen LogP contribution in [0.25, 0.3) is 0 Å². The standard InChI is InChI=1S/C6H10O4.C4H6O6.C4H6O5.C4H6O4.C4H10O2.C3H6O3/c7-5(8)3-1-2-4-6(9)10;5-1(3(7)8)2(6)4(9)10;5-2(4(8)9)1-3(6)7;5-3(6)1-2-4(7)8;5-3-1-2-4-6;1-2(4)3(5)6/h1-4H2,(H,7,8)(H,9,10);1-2,5-6H,(H,7,8)(H,9,10);2,5H,1H2,(H,6,7)(H,8,9);1-2H2,(H,5,6)(H,7,8);5-6H,1-4H2;2,4H,1H3,(H,5,6). The van der Waals surface area contributed by atoms with Gasteiger partial charge in [-0.2, -0.15) is 0 Å². The molecule has 0 fully saturated rings. The second kappa shape index (κ2) is 37.4. The van der Waals surface area contributed by atoms with Crippen molar-refractivity contribution in [3.63, 3.8) is 0 Å². The van der Waals surface area contributed by atoms with Crippen molar-refractivity contribution in [2.24, 2.45) is 0 Å². The molecule has 0 aliphatic rings. The van der Waals surface area contributed by atoms with E-state index in [1.54, 1.807) is 0 Å². The van der Waals surface area contributed by atoms with Crippen LogP contribution in [0.2, 0.25) is 0 Å². The van der Waals surface area contributed by atoms with Crippen LogP contribution in [0, 0.1) is 0 Å². The maximum Gasteiger partial charge on any atom is 0.335 e. The summed E-state index contributed by atoms with van der Waals surface area (Å²) in [5, 5.41) is 121. The number of carboxylic acids is 9. The zero-order valence-electron chi connectivity index (χ0n) is 26.0. The molecular weight excluding hydrogens is 684 g/mol. The van der Waals surface area contributed by atoms with Crippen molar-refractivity contribution in [1.82, 2.24) is 0 Å². The number of hydrogen-bond donors (Lipinski definition) is 15. The van der Waals surface area contributed by atoms with Crippen LogP contribution in [0.15, 0.2) is 0 Å². The van der Waals surface area contributed by atoms with Crippen LogP contribution in [0.1, 0.15) is 64.7 Å². The minimum Gasteiger partial charge on any atom is -0.481 e. The van der Waals surface area contributed by atoms with Crippen molar-refractivity contribution in [2.75, 3.05) is 13.2 Å². The fourth-order valence-corrected chi connectivity index (χ4v) is 1.51. The van der Waals surface area contributed by atoms with Gasteiger partial charge in [0.25, 0.3) is 0 Å². The van der Waals surface area contributed by atoms with E-state index >= 15 is 0 Å². The van der Waals surface area contributed by atoms with E-state index in [9.17, 15) is 43.2 Å². The van der Waals surface area contributed by atoms with Crippen molar-refractivity contribution in [3.8, 4) is 0 Å². The highest BCUT2D eigenvalue weighted by atomic mass is 16.4. The second-order valence-corrected chi connectivity index (χ2v) is 8.47. The molecule has 288 valence electrons. The molecule has 0 radical (unpaired) electrons. The first-order valence-electron chi connectivity index (χ1n) is 13.3. The molecule has 0 aromatic carbocycles. The summed E-state index contributed by atoms with van der Waals surface area (Å²) in [5.74, 6) is -11.5. The van der Waals surface area contributed by atoms with E-state index in [-0.39, 0.29) is 38.9 Å². The number of hydrogen-bond acceptors (Lipinski definition) is 15. The van der Waals surface area contributed by atoms with Crippen LogP contribution in [0.3, 0.4) is 0 Å². The zero-order chi connectivity index (χ0) is 40.3. The molecule has 24 heteroatoms. The monoisotopic (exact) mass is 728 g/mol. The SMILES string of the molecule is CC(O)C(=O)O.O=C(O)C(O)C(O)C(=O)O.O=C(O)CC(O)C(=O)O.O=C(O)CCC(=O)O.O=C(O)CCCCC(=O)O.OCCCCO. The lowest BCUT2D eigenvalue weighted by molar-refractivity contribution is -0.165. The molecule has 0 amide bonds. The highest BCUT2D eigenvalue weighted by Crippen LogP contribution is 1.98. The number of carboxylic acid groups (broad SMARTS) is 9. The molecule has 0 aromatic rings. The molecule has 15 N–H and O–H groups in total. The van der Waals surface area contributed by atoms with Gasteiger partial charge < -0.3 is 76.6 Å². The number of unbranched alkanes of at least 4 members (excludes halogenated alkanes) is 2. The Kier molecular flexibility index (Phi) is 43.1. The number of carbonyl (C=O) groups is 9. The van der Waals surface area contributed by atoms with Crippen LogP contribution in [0.5, 0.6) is 0 Å². The van der Waals surface area contributed by atoms with E-state index in [4.69, 9.17) is 76.6 Å². The number of rotatable bonds is 18. The lowest BCUT2D eigenvalue weighted by atomic mass is 10.2. The third kappa shape index (κ3) is 62.5. The van der Waals surface area contributed by atoms with Crippen LogP contribution in [-0.4, -0.2) is 168 Å². The molecule has 24 nitrogen and oxygen atoms in total. The first-order valence-corrected chi connectivity index (χ1v) is 13.3. The fourth-order valence-electron chi connectivity index (χ4n) is 1.51. The summed E-state index contributed by atoms with van der Waals surface area (Å²) in [4.78, 5) is 87.5. The van der Waals surface area contributed by atoms with Crippen LogP contribution in [0.4, 0.5) is 0 Å². The molecule has 0 saturated heterocycles. The normalized spacial score (nSPS) is 11.6. The molecule has 0 spiro atoms. The van der Waals surface area contributed by atoms with Crippen LogP contribution in [-0.2, 0) is 43.2 Å². The van der Waals surface area contributed by atoms with Gasteiger partial charge in [0.1, 0.15) is 6.10 Å². The fraction of sp³-hybridized carbons (Fsp3) is 0.640. The number of aliphatic hydroxyl groups excluding tert-OH is 6. The Balaban J connectivity index is -0.000000114. The third-order valence-corrected chi connectivity index (χ3v) is 3.97. The highest BCUT2D eigenvalue weighted by molar-refractivity contribution is 5.83. The molecule has 0 rings (SSSR count). The maximum atomic E-state index is 9.90. The Bertz CT molecular complexity index is 924. The lowest BCUT2D eigenvalue weighted by Crippen LogP contribution is -2.39. The molecule has 0 heterocycles. The molecule has 0 saturated carbocycles. The lowest BCUT2D eigenvalue weighted by Gasteiger charge is -2.07. The van der Waals surface area contributed by atoms with Gasteiger partial charge in [0.05, 0.1) is 19.3 Å². The van der Waals surface area contributed by atoms with Gasteiger partial charge in [-0.25, -0.2) is 19.2 Å². The summed E-state index contributed by atoms with van der Waals surface area (Å²) in [5.41, 5.74) is 0. The average molecular weight is 729 g/mol. The minimum atomic E-state index is -2.27. The molecular formula is C25H44O24. The number of aliphatic hydroxyl groups is 6. The Labute approximate surface area is 276 Å².